The molecule has 5 rings (SSSR count). The summed E-state index contributed by atoms with van der Waals surface area (Å²) < 4.78 is 6.73. The van der Waals surface area contributed by atoms with Crippen LogP contribution in [0, 0.1) is 11.8 Å². The number of hydrogen-bond acceptors (Lipinski definition) is 5. The monoisotopic (exact) mass is 535 g/mol. The van der Waals surface area contributed by atoms with Gasteiger partial charge in [0.15, 0.2) is 0 Å². The molecule has 2 fully saturated rings. The van der Waals surface area contributed by atoms with Crippen LogP contribution in [0.5, 0.6) is 0 Å². The first-order valence-electron chi connectivity index (χ1n) is 14.5. The molecule has 39 heavy (non-hydrogen) atoms. The summed E-state index contributed by atoms with van der Waals surface area (Å²) in [7, 11) is 0. The molecular formula is C31H41N3O5. The number of aliphatic hydroxyl groups excluding tert-OH is 1. The molecule has 8 nitrogen and oxygen atoms in total. The lowest BCUT2D eigenvalue weighted by Crippen LogP contribution is -2.59. The van der Waals surface area contributed by atoms with Gasteiger partial charge >= 0.3 is 0 Å². The van der Waals surface area contributed by atoms with Crippen molar-refractivity contribution >= 4 is 17.7 Å². The maximum absolute atomic E-state index is 14.5. The predicted molar refractivity (Wildman–Crippen MR) is 147 cm³/mol. The minimum Gasteiger partial charge on any atom is -0.394 e. The lowest BCUT2D eigenvalue weighted by molar-refractivity contribution is -0.152. The number of carbonyl (C=O) groups excluding carboxylic acids is 3. The molecule has 0 saturated carbocycles. The molecule has 0 aromatic heterocycles. The lowest BCUT2D eigenvalue weighted by atomic mass is 9.77. The molecule has 1 spiro atoms. The topological polar surface area (TPSA) is 90.4 Å². The van der Waals surface area contributed by atoms with Gasteiger partial charge in [-0.1, -0.05) is 74.9 Å². The molecule has 8 heteroatoms. The summed E-state index contributed by atoms with van der Waals surface area (Å²) in [5.41, 5.74) is -0.312. The summed E-state index contributed by atoms with van der Waals surface area (Å²) >= 11 is 0. The Kier molecular flexibility index (Phi) is 7.96. The zero-order chi connectivity index (χ0) is 27.7. The number of rotatable bonds is 9. The molecule has 0 aliphatic carbocycles. The molecule has 0 bridgehead atoms. The normalized spacial score (nSPS) is 31.6. The first-order chi connectivity index (χ1) is 18.9. The number of carbonyl (C=O) groups is 3. The highest BCUT2D eigenvalue weighted by Crippen LogP contribution is 2.54. The third-order valence-electron chi connectivity index (χ3n) is 8.86. The molecule has 2 saturated heterocycles. The van der Waals surface area contributed by atoms with Gasteiger partial charge in [-0.25, -0.2) is 0 Å². The van der Waals surface area contributed by atoms with E-state index >= 15 is 0 Å². The van der Waals surface area contributed by atoms with Crippen LogP contribution in [0.2, 0.25) is 0 Å². The van der Waals surface area contributed by atoms with Gasteiger partial charge in [0.2, 0.25) is 17.7 Å². The number of fused-ring (bicyclic) bond motifs is 2. The summed E-state index contributed by atoms with van der Waals surface area (Å²) in [6.45, 7) is 7.34. The second-order valence-corrected chi connectivity index (χ2v) is 11.4. The van der Waals surface area contributed by atoms with E-state index in [4.69, 9.17) is 4.74 Å². The molecule has 3 amide bonds. The van der Waals surface area contributed by atoms with Gasteiger partial charge in [-0.05, 0) is 31.7 Å². The lowest BCUT2D eigenvalue weighted by Gasteiger charge is -2.40. The molecule has 4 aliphatic heterocycles. The highest BCUT2D eigenvalue weighted by molar-refractivity contribution is 6.00. The molecule has 2 unspecified atom stereocenters. The van der Waals surface area contributed by atoms with E-state index in [1.807, 2.05) is 73.4 Å². The smallest absolute Gasteiger partial charge is 0.249 e. The first-order valence-corrected chi connectivity index (χ1v) is 14.5. The molecule has 4 heterocycles. The molecule has 1 aromatic carbocycles. The van der Waals surface area contributed by atoms with E-state index in [9.17, 15) is 19.5 Å². The summed E-state index contributed by atoms with van der Waals surface area (Å²) in [5.74, 6) is -2.13. The van der Waals surface area contributed by atoms with Crippen LogP contribution < -0.4 is 0 Å². The number of aliphatic hydroxyl groups is 1. The predicted octanol–water partition coefficient (Wildman–Crippen LogP) is 2.57. The Labute approximate surface area is 231 Å². The highest BCUT2D eigenvalue weighted by Gasteiger charge is 2.72. The van der Waals surface area contributed by atoms with Gasteiger partial charge in [-0.2, -0.15) is 0 Å². The van der Waals surface area contributed by atoms with Gasteiger partial charge in [-0.15, -0.1) is 0 Å². The number of amides is 3. The molecule has 1 N–H and O–H groups in total. The zero-order valence-electron chi connectivity index (χ0n) is 23.2. The molecular weight excluding hydrogens is 494 g/mol. The van der Waals surface area contributed by atoms with Gasteiger partial charge in [0.05, 0.1) is 30.6 Å². The number of benzene rings is 1. The minimum absolute atomic E-state index is 0.0199. The maximum Gasteiger partial charge on any atom is 0.249 e. The summed E-state index contributed by atoms with van der Waals surface area (Å²) in [6.07, 6.45) is 10.0. The fraction of sp³-hybridized carbons (Fsp3) is 0.581. The van der Waals surface area contributed by atoms with E-state index < -0.39 is 35.6 Å². The number of nitrogens with zero attached hydrogens (tertiary/aromatic N) is 3. The summed E-state index contributed by atoms with van der Waals surface area (Å²) in [5, 5.41) is 10.6. The molecule has 4 aliphatic rings. The van der Waals surface area contributed by atoms with Crippen LogP contribution in [0.25, 0.3) is 0 Å². The van der Waals surface area contributed by atoms with E-state index in [2.05, 4.69) is 6.92 Å². The fourth-order valence-electron chi connectivity index (χ4n) is 7.12. The van der Waals surface area contributed by atoms with Crippen LogP contribution in [0.15, 0.2) is 54.6 Å². The standard InChI is InChI=1S/C31H41N3O5/c1-4-11-21(3)33-18-10-15-31-26(25-24(39-31)14-9-17-32(16-5-2)28(25)36)29(37)34(27(31)30(33)38)23(20-35)19-22-12-7-6-8-13-22/h6-10,12-15,21,23-27,35H,4-5,11,16-20H2,1-3H3/t21?,23-,24-,25+,26+,27?,31+/m1/s1. The van der Waals surface area contributed by atoms with Gasteiger partial charge in [-0.3, -0.25) is 14.4 Å². The van der Waals surface area contributed by atoms with Crippen LogP contribution >= 0.6 is 0 Å². The largest absolute Gasteiger partial charge is 0.394 e. The van der Waals surface area contributed by atoms with Gasteiger partial charge in [0, 0.05) is 25.7 Å². The Morgan fingerprint density at radius 2 is 1.79 bits per heavy atom. The highest BCUT2D eigenvalue weighted by atomic mass is 16.5. The second-order valence-electron chi connectivity index (χ2n) is 11.4. The number of ether oxygens (including phenoxy) is 1. The van der Waals surface area contributed by atoms with Crippen LogP contribution in [-0.2, 0) is 25.5 Å². The Morgan fingerprint density at radius 3 is 2.49 bits per heavy atom. The summed E-state index contributed by atoms with van der Waals surface area (Å²) in [4.78, 5) is 48.1. The van der Waals surface area contributed by atoms with Crippen molar-refractivity contribution in [3.8, 4) is 0 Å². The quantitative estimate of drug-likeness (QED) is 0.491. The van der Waals surface area contributed by atoms with Crippen molar-refractivity contribution in [3.05, 3.63) is 60.2 Å². The molecule has 210 valence electrons. The van der Waals surface area contributed by atoms with Crippen LogP contribution in [-0.4, -0.2) is 93.6 Å². The molecule has 0 radical (unpaired) electrons. The van der Waals surface area contributed by atoms with Crippen LogP contribution in [0.3, 0.4) is 0 Å². The fourth-order valence-corrected chi connectivity index (χ4v) is 7.12. The van der Waals surface area contributed by atoms with Crippen molar-refractivity contribution in [2.24, 2.45) is 11.8 Å². The van der Waals surface area contributed by atoms with E-state index in [0.29, 0.717) is 26.1 Å². The Bertz CT molecular complexity index is 1140. The third kappa shape index (κ3) is 4.61. The Hall–Kier alpha value is -2.97. The van der Waals surface area contributed by atoms with Crippen molar-refractivity contribution in [1.82, 2.24) is 14.7 Å². The van der Waals surface area contributed by atoms with Crippen molar-refractivity contribution in [2.45, 2.75) is 76.3 Å². The van der Waals surface area contributed by atoms with E-state index in [1.165, 1.54) is 0 Å². The first kappa shape index (κ1) is 27.6. The Balaban J connectivity index is 1.61. The number of likely N-dealkylation sites (tertiary alicyclic amines) is 1. The molecule has 7 atom stereocenters. The van der Waals surface area contributed by atoms with Gasteiger partial charge in [0.25, 0.3) is 0 Å². The van der Waals surface area contributed by atoms with Gasteiger partial charge < -0.3 is 24.5 Å². The van der Waals surface area contributed by atoms with Crippen molar-refractivity contribution < 1.29 is 24.2 Å². The average Bonchev–Trinajstić information content (AvgIpc) is 3.25. The number of hydrogen-bond donors (Lipinski definition) is 1. The van der Waals surface area contributed by atoms with Crippen molar-refractivity contribution in [2.75, 3.05) is 26.2 Å². The minimum atomic E-state index is -1.27. The average molecular weight is 536 g/mol. The molecule has 1 aromatic rings. The Morgan fingerprint density at radius 1 is 1.03 bits per heavy atom. The maximum atomic E-state index is 14.5. The second kappa shape index (κ2) is 11.3. The van der Waals surface area contributed by atoms with E-state index in [-0.39, 0.29) is 30.4 Å². The van der Waals surface area contributed by atoms with Crippen LogP contribution in [0.1, 0.15) is 45.6 Å². The zero-order valence-corrected chi connectivity index (χ0v) is 23.2. The van der Waals surface area contributed by atoms with Gasteiger partial charge in [0.1, 0.15) is 11.6 Å². The third-order valence-corrected chi connectivity index (χ3v) is 8.86. The van der Waals surface area contributed by atoms with Crippen LogP contribution in [0.4, 0.5) is 0 Å². The summed E-state index contributed by atoms with van der Waals surface area (Å²) in [6, 6.07) is 8.08. The van der Waals surface area contributed by atoms with E-state index in [0.717, 1.165) is 24.8 Å². The SMILES string of the molecule is CCCC(C)N1CC=C[C@]23O[C@@H]4C=CCN(CCC)C(=O)[C@@H]4[C@H]2C(=O)N([C@@H](CO)Cc2ccccc2)C3C1=O. The van der Waals surface area contributed by atoms with Crippen molar-refractivity contribution in [3.63, 3.8) is 0 Å². The van der Waals surface area contributed by atoms with Crippen molar-refractivity contribution in [1.29, 1.82) is 0 Å². The van der Waals surface area contributed by atoms with E-state index in [1.54, 1.807) is 9.80 Å².